The standard InChI is InChI=1S/C19H21NO5/c1-12-7-14(9-15(8-12)19(22)23)18(21)20-11-13(2)25-17-6-4-5-16(10-17)24-3/h4-10,13H,11H2,1-3H3,(H,20,21)(H,22,23). The lowest BCUT2D eigenvalue weighted by molar-refractivity contribution is 0.0696. The lowest BCUT2D eigenvalue weighted by Gasteiger charge is -2.16. The second-order valence-corrected chi connectivity index (χ2v) is 5.71. The maximum Gasteiger partial charge on any atom is 0.335 e. The van der Waals surface area contributed by atoms with Gasteiger partial charge >= 0.3 is 5.97 Å². The van der Waals surface area contributed by atoms with Crippen LogP contribution in [-0.4, -0.2) is 36.7 Å². The van der Waals surface area contributed by atoms with Crippen LogP contribution in [0.25, 0.3) is 0 Å². The number of hydrogen-bond donors (Lipinski definition) is 2. The third kappa shape index (κ3) is 5.24. The van der Waals surface area contributed by atoms with Crippen LogP contribution in [0.15, 0.2) is 42.5 Å². The van der Waals surface area contributed by atoms with E-state index >= 15 is 0 Å². The molecule has 6 nitrogen and oxygen atoms in total. The fraction of sp³-hybridized carbons (Fsp3) is 0.263. The molecule has 0 heterocycles. The number of aryl methyl sites for hydroxylation is 1. The van der Waals surface area contributed by atoms with Crippen molar-refractivity contribution in [3.05, 3.63) is 59.2 Å². The molecule has 2 aromatic rings. The molecule has 6 heteroatoms. The molecule has 0 aliphatic rings. The molecule has 2 rings (SSSR count). The van der Waals surface area contributed by atoms with Crippen LogP contribution in [0.3, 0.4) is 0 Å². The van der Waals surface area contributed by atoms with Crippen molar-refractivity contribution < 1.29 is 24.2 Å². The molecule has 0 aliphatic heterocycles. The van der Waals surface area contributed by atoms with Crippen LogP contribution in [0, 0.1) is 6.92 Å². The van der Waals surface area contributed by atoms with Gasteiger partial charge < -0.3 is 19.9 Å². The first-order valence-electron chi connectivity index (χ1n) is 7.83. The third-order valence-corrected chi connectivity index (χ3v) is 3.52. The summed E-state index contributed by atoms with van der Waals surface area (Å²) in [7, 11) is 1.58. The summed E-state index contributed by atoms with van der Waals surface area (Å²) in [5.74, 6) is -0.0701. The number of carboxylic acids is 1. The number of carboxylic acid groups (broad SMARTS) is 1. The summed E-state index contributed by atoms with van der Waals surface area (Å²) in [6.07, 6.45) is -0.264. The minimum absolute atomic E-state index is 0.0887. The largest absolute Gasteiger partial charge is 0.497 e. The first-order valence-corrected chi connectivity index (χ1v) is 7.83. The number of benzene rings is 2. The molecule has 25 heavy (non-hydrogen) atoms. The van der Waals surface area contributed by atoms with Crippen molar-refractivity contribution in [1.82, 2.24) is 5.32 Å². The number of rotatable bonds is 7. The predicted molar refractivity (Wildman–Crippen MR) is 93.6 cm³/mol. The second-order valence-electron chi connectivity index (χ2n) is 5.71. The Morgan fingerprint density at radius 3 is 2.48 bits per heavy atom. The van der Waals surface area contributed by atoms with E-state index in [-0.39, 0.29) is 24.1 Å². The van der Waals surface area contributed by atoms with Gasteiger partial charge in [-0.15, -0.1) is 0 Å². The number of ether oxygens (including phenoxy) is 2. The van der Waals surface area contributed by atoms with E-state index in [2.05, 4.69) is 5.32 Å². The zero-order valence-corrected chi connectivity index (χ0v) is 14.4. The first kappa shape index (κ1) is 18.3. The number of hydrogen-bond acceptors (Lipinski definition) is 4. The summed E-state index contributed by atoms with van der Waals surface area (Å²) in [5.41, 5.74) is 1.11. The Morgan fingerprint density at radius 1 is 1.12 bits per heavy atom. The van der Waals surface area contributed by atoms with Crippen molar-refractivity contribution in [2.75, 3.05) is 13.7 Å². The highest BCUT2D eigenvalue weighted by atomic mass is 16.5. The normalized spacial score (nSPS) is 11.5. The van der Waals surface area contributed by atoms with Crippen molar-refractivity contribution in [2.45, 2.75) is 20.0 Å². The number of amides is 1. The van der Waals surface area contributed by atoms with E-state index < -0.39 is 5.97 Å². The molecule has 0 saturated heterocycles. The number of aromatic carboxylic acids is 1. The summed E-state index contributed by atoms with van der Waals surface area (Å²) in [6, 6.07) is 11.7. The van der Waals surface area contributed by atoms with Crippen LogP contribution in [0.1, 0.15) is 33.2 Å². The van der Waals surface area contributed by atoms with Crippen LogP contribution >= 0.6 is 0 Å². The fourth-order valence-electron chi connectivity index (χ4n) is 2.32. The highest BCUT2D eigenvalue weighted by molar-refractivity contribution is 5.97. The smallest absolute Gasteiger partial charge is 0.335 e. The lowest BCUT2D eigenvalue weighted by atomic mass is 10.1. The van der Waals surface area contributed by atoms with E-state index in [1.54, 1.807) is 32.2 Å². The Labute approximate surface area is 146 Å². The maximum absolute atomic E-state index is 12.2. The molecular weight excluding hydrogens is 322 g/mol. The van der Waals surface area contributed by atoms with E-state index in [0.29, 0.717) is 22.6 Å². The predicted octanol–water partition coefficient (Wildman–Crippen LogP) is 2.90. The van der Waals surface area contributed by atoms with E-state index in [0.717, 1.165) is 0 Å². The topological polar surface area (TPSA) is 84.9 Å². The van der Waals surface area contributed by atoms with Gasteiger partial charge in [0.15, 0.2) is 0 Å². The molecule has 1 unspecified atom stereocenters. The SMILES string of the molecule is COc1cccc(OC(C)CNC(=O)c2cc(C)cc(C(=O)O)c2)c1. The average molecular weight is 343 g/mol. The molecule has 1 atom stereocenters. The van der Waals surface area contributed by atoms with E-state index in [1.807, 2.05) is 19.1 Å². The minimum atomic E-state index is -1.06. The van der Waals surface area contributed by atoms with Gasteiger partial charge in [0.1, 0.15) is 17.6 Å². The van der Waals surface area contributed by atoms with Crippen molar-refractivity contribution in [3.8, 4) is 11.5 Å². The highest BCUT2D eigenvalue weighted by Gasteiger charge is 2.13. The molecule has 132 valence electrons. The van der Waals surface area contributed by atoms with Crippen molar-refractivity contribution >= 4 is 11.9 Å². The number of methoxy groups -OCH3 is 1. The Morgan fingerprint density at radius 2 is 1.80 bits per heavy atom. The van der Waals surface area contributed by atoms with Gasteiger partial charge in [0.2, 0.25) is 0 Å². The zero-order chi connectivity index (χ0) is 18.4. The van der Waals surface area contributed by atoms with Gasteiger partial charge in [-0.3, -0.25) is 4.79 Å². The van der Waals surface area contributed by atoms with Crippen LogP contribution in [0.2, 0.25) is 0 Å². The summed E-state index contributed by atoms with van der Waals surface area (Å²) < 4.78 is 10.9. The van der Waals surface area contributed by atoms with Crippen LogP contribution in [-0.2, 0) is 0 Å². The summed E-state index contributed by atoms with van der Waals surface area (Å²) in [6.45, 7) is 3.86. The molecule has 2 N–H and O–H groups in total. The van der Waals surface area contributed by atoms with Gasteiger partial charge in [-0.25, -0.2) is 4.79 Å². The van der Waals surface area contributed by atoms with Gasteiger partial charge in [0, 0.05) is 11.6 Å². The van der Waals surface area contributed by atoms with Gasteiger partial charge in [-0.1, -0.05) is 6.07 Å². The Bertz CT molecular complexity index is 772. The van der Waals surface area contributed by atoms with Crippen molar-refractivity contribution in [2.24, 2.45) is 0 Å². The molecule has 2 aromatic carbocycles. The molecule has 0 aromatic heterocycles. The molecular formula is C19H21NO5. The molecule has 0 spiro atoms. The van der Waals surface area contributed by atoms with Gasteiger partial charge in [-0.2, -0.15) is 0 Å². The monoisotopic (exact) mass is 343 g/mol. The third-order valence-electron chi connectivity index (χ3n) is 3.52. The molecule has 0 saturated carbocycles. The van der Waals surface area contributed by atoms with Gasteiger partial charge in [0.25, 0.3) is 5.91 Å². The zero-order valence-electron chi connectivity index (χ0n) is 14.4. The fourth-order valence-corrected chi connectivity index (χ4v) is 2.32. The average Bonchev–Trinajstić information content (AvgIpc) is 2.59. The number of carbonyl (C=O) groups excluding carboxylic acids is 1. The Hall–Kier alpha value is -3.02. The molecule has 0 fully saturated rings. The summed E-state index contributed by atoms with van der Waals surface area (Å²) in [5, 5.41) is 11.8. The van der Waals surface area contributed by atoms with E-state index in [1.165, 1.54) is 12.1 Å². The lowest BCUT2D eigenvalue weighted by Crippen LogP contribution is -2.33. The van der Waals surface area contributed by atoms with E-state index in [4.69, 9.17) is 14.6 Å². The molecule has 0 aliphatic carbocycles. The maximum atomic E-state index is 12.2. The van der Waals surface area contributed by atoms with Gasteiger partial charge in [0.05, 0.1) is 19.2 Å². The van der Waals surface area contributed by atoms with Crippen molar-refractivity contribution in [3.63, 3.8) is 0 Å². The number of carbonyl (C=O) groups is 2. The highest BCUT2D eigenvalue weighted by Crippen LogP contribution is 2.19. The molecule has 0 radical (unpaired) electrons. The second kappa shape index (κ2) is 8.19. The van der Waals surface area contributed by atoms with Crippen LogP contribution in [0.4, 0.5) is 0 Å². The van der Waals surface area contributed by atoms with Crippen molar-refractivity contribution in [1.29, 1.82) is 0 Å². The minimum Gasteiger partial charge on any atom is -0.497 e. The molecule has 0 bridgehead atoms. The van der Waals surface area contributed by atoms with Crippen LogP contribution in [0.5, 0.6) is 11.5 Å². The molecule has 1 amide bonds. The first-order chi connectivity index (χ1) is 11.9. The summed E-state index contributed by atoms with van der Waals surface area (Å²) >= 11 is 0. The van der Waals surface area contributed by atoms with Crippen LogP contribution < -0.4 is 14.8 Å². The number of nitrogens with one attached hydrogen (secondary N) is 1. The van der Waals surface area contributed by atoms with Gasteiger partial charge in [-0.05, 0) is 49.7 Å². The van der Waals surface area contributed by atoms with E-state index in [9.17, 15) is 9.59 Å². The Kier molecular flexibility index (Phi) is 6.00. The Balaban J connectivity index is 1.96. The quantitative estimate of drug-likeness (QED) is 0.807. The summed E-state index contributed by atoms with van der Waals surface area (Å²) in [4.78, 5) is 23.3.